The van der Waals surface area contributed by atoms with Crippen molar-refractivity contribution in [2.45, 2.75) is 18.6 Å². The van der Waals surface area contributed by atoms with Gasteiger partial charge in [0.1, 0.15) is 5.75 Å². The highest BCUT2D eigenvalue weighted by Gasteiger charge is 2.20. The van der Waals surface area contributed by atoms with Gasteiger partial charge in [-0.05, 0) is 43.8 Å². The minimum Gasteiger partial charge on any atom is -0.482 e. The highest BCUT2D eigenvalue weighted by Crippen LogP contribution is 2.29. The Morgan fingerprint density at radius 1 is 1.55 bits per heavy atom. The fraction of sp³-hybridized carbons (Fsp3) is 0.429. The number of nitrogens with one attached hydrogen (secondary N) is 1. The Morgan fingerprint density at radius 3 is 3.10 bits per heavy atom. The first-order chi connectivity index (χ1) is 9.61. The summed E-state index contributed by atoms with van der Waals surface area (Å²) in [7, 11) is 0. The van der Waals surface area contributed by atoms with Crippen LogP contribution in [0.2, 0.25) is 0 Å². The van der Waals surface area contributed by atoms with Crippen LogP contribution in [0, 0.1) is 0 Å². The molecule has 1 aromatic carbocycles. The average molecular weight is 294 g/mol. The molecule has 1 heterocycles. The standard InChI is InChI=1S/C14H18N2O3S/c1-9(20-6-2-5-15)14(18)10-3-4-12-11(7-10)16-13(17)8-19-12/h3-4,7,9H,2,5-6,8,15H2,1H3,(H,16,17). The number of Topliss-reactive ketones (excluding diaryl/α,β-unsaturated/α-hetero) is 1. The Labute approximate surface area is 122 Å². The smallest absolute Gasteiger partial charge is 0.262 e. The number of carbonyl (C=O) groups is 2. The van der Waals surface area contributed by atoms with E-state index in [1.807, 2.05) is 6.92 Å². The van der Waals surface area contributed by atoms with Crippen molar-refractivity contribution in [3.8, 4) is 5.75 Å². The lowest BCUT2D eigenvalue weighted by molar-refractivity contribution is -0.118. The Bertz CT molecular complexity index is 519. The number of amides is 1. The summed E-state index contributed by atoms with van der Waals surface area (Å²) >= 11 is 1.59. The number of thioether (sulfide) groups is 1. The van der Waals surface area contributed by atoms with Gasteiger partial charge in [0.25, 0.3) is 5.91 Å². The van der Waals surface area contributed by atoms with Gasteiger partial charge in [0.2, 0.25) is 0 Å². The third kappa shape index (κ3) is 3.52. The molecule has 1 aliphatic heterocycles. The molecule has 3 N–H and O–H groups in total. The zero-order valence-corrected chi connectivity index (χ0v) is 12.2. The van der Waals surface area contributed by atoms with Gasteiger partial charge in [0, 0.05) is 5.56 Å². The van der Waals surface area contributed by atoms with Crippen molar-refractivity contribution in [3.05, 3.63) is 23.8 Å². The van der Waals surface area contributed by atoms with Gasteiger partial charge in [0.05, 0.1) is 10.9 Å². The molecule has 0 saturated heterocycles. The molecule has 2 rings (SSSR count). The molecule has 1 unspecified atom stereocenters. The molecule has 1 atom stereocenters. The first kappa shape index (κ1) is 14.9. The number of ether oxygens (including phenoxy) is 1. The van der Waals surface area contributed by atoms with Crippen LogP contribution in [-0.2, 0) is 4.79 Å². The van der Waals surface area contributed by atoms with E-state index in [9.17, 15) is 9.59 Å². The van der Waals surface area contributed by atoms with E-state index in [2.05, 4.69) is 5.32 Å². The van der Waals surface area contributed by atoms with Gasteiger partial charge in [-0.2, -0.15) is 11.8 Å². The van der Waals surface area contributed by atoms with Gasteiger partial charge >= 0.3 is 0 Å². The van der Waals surface area contributed by atoms with Crippen LogP contribution in [0.15, 0.2) is 18.2 Å². The summed E-state index contributed by atoms with van der Waals surface area (Å²) in [5.41, 5.74) is 6.59. The number of nitrogens with two attached hydrogens (primary N) is 1. The molecule has 0 saturated carbocycles. The molecule has 0 aliphatic carbocycles. The summed E-state index contributed by atoms with van der Waals surface area (Å²) in [6.07, 6.45) is 0.899. The molecule has 1 aromatic rings. The van der Waals surface area contributed by atoms with Crippen molar-refractivity contribution in [2.75, 3.05) is 24.2 Å². The first-order valence-corrected chi connectivity index (χ1v) is 7.59. The first-order valence-electron chi connectivity index (χ1n) is 6.54. The molecule has 20 heavy (non-hydrogen) atoms. The Kier molecular flexibility index (Phi) is 5.03. The number of fused-ring (bicyclic) bond motifs is 1. The van der Waals surface area contributed by atoms with E-state index >= 15 is 0 Å². The summed E-state index contributed by atoms with van der Waals surface area (Å²) in [4.78, 5) is 23.6. The molecular weight excluding hydrogens is 276 g/mol. The monoisotopic (exact) mass is 294 g/mol. The van der Waals surface area contributed by atoms with E-state index < -0.39 is 0 Å². The number of carbonyl (C=O) groups excluding carboxylic acids is 2. The van der Waals surface area contributed by atoms with Crippen molar-refractivity contribution < 1.29 is 14.3 Å². The van der Waals surface area contributed by atoms with Crippen molar-refractivity contribution in [3.63, 3.8) is 0 Å². The molecule has 0 bridgehead atoms. The number of ketones is 1. The maximum Gasteiger partial charge on any atom is 0.262 e. The number of hydrogen-bond donors (Lipinski definition) is 2. The van der Waals surface area contributed by atoms with Crippen LogP contribution in [0.25, 0.3) is 0 Å². The Morgan fingerprint density at radius 2 is 2.35 bits per heavy atom. The molecule has 6 heteroatoms. The van der Waals surface area contributed by atoms with Gasteiger partial charge < -0.3 is 15.8 Å². The lowest BCUT2D eigenvalue weighted by Crippen LogP contribution is -2.25. The minimum absolute atomic E-state index is 0.0195. The number of hydrogen-bond acceptors (Lipinski definition) is 5. The Balaban J connectivity index is 2.07. The fourth-order valence-electron chi connectivity index (χ4n) is 1.89. The molecule has 5 nitrogen and oxygen atoms in total. The predicted octanol–water partition coefficient (Wildman–Crippen LogP) is 1.67. The van der Waals surface area contributed by atoms with Crippen LogP contribution < -0.4 is 15.8 Å². The van der Waals surface area contributed by atoms with E-state index in [1.165, 1.54) is 0 Å². The molecule has 0 spiro atoms. The summed E-state index contributed by atoms with van der Waals surface area (Å²) in [5.74, 6) is 1.32. The molecule has 0 aromatic heterocycles. The molecule has 108 valence electrons. The summed E-state index contributed by atoms with van der Waals surface area (Å²) in [6, 6.07) is 5.13. The topological polar surface area (TPSA) is 81.4 Å². The molecular formula is C14H18N2O3S. The van der Waals surface area contributed by atoms with E-state index in [4.69, 9.17) is 10.5 Å². The van der Waals surface area contributed by atoms with Crippen LogP contribution in [0.4, 0.5) is 5.69 Å². The van der Waals surface area contributed by atoms with Crippen LogP contribution in [0.1, 0.15) is 23.7 Å². The lowest BCUT2D eigenvalue weighted by Gasteiger charge is -2.19. The van der Waals surface area contributed by atoms with Crippen molar-refractivity contribution >= 4 is 29.1 Å². The normalized spacial score (nSPS) is 15.0. The van der Waals surface area contributed by atoms with Gasteiger partial charge in [-0.3, -0.25) is 9.59 Å². The average Bonchev–Trinajstić information content (AvgIpc) is 2.45. The summed E-state index contributed by atoms with van der Waals surface area (Å²) in [6.45, 7) is 2.54. The second-order valence-corrected chi connectivity index (χ2v) is 6.02. The van der Waals surface area contributed by atoms with Gasteiger partial charge in [-0.25, -0.2) is 0 Å². The minimum atomic E-state index is -0.201. The second-order valence-electron chi connectivity index (χ2n) is 4.57. The number of anilines is 1. The van der Waals surface area contributed by atoms with Gasteiger partial charge in [-0.15, -0.1) is 0 Å². The molecule has 0 radical (unpaired) electrons. The van der Waals surface area contributed by atoms with E-state index in [0.29, 0.717) is 23.5 Å². The largest absolute Gasteiger partial charge is 0.482 e. The van der Waals surface area contributed by atoms with E-state index in [-0.39, 0.29) is 23.5 Å². The van der Waals surface area contributed by atoms with Crippen LogP contribution in [0.5, 0.6) is 5.75 Å². The van der Waals surface area contributed by atoms with Gasteiger partial charge in [0.15, 0.2) is 12.4 Å². The third-order valence-electron chi connectivity index (χ3n) is 2.98. The quantitative estimate of drug-likeness (QED) is 0.616. The lowest BCUT2D eigenvalue weighted by atomic mass is 10.1. The van der Waals surface area contributed by atoms with E-state index in [1.54, 1.807) is 30.0 Å². The number of rotatable bonds is 6. The van der Waals surface area contributed by atoms with Crippen molar-refractivity contribution in [2.24, 2.45) is 5.73 Å². The van der Waals surface area contributed by atoms with Crippen molar-refractivity contribution in [1.29, 1.82) is 0 Å². The Hall–Kier alpha value is -1.53. The second kappa shape index (κ2) is 6.76. The molecule has 1 amide bonds. The van der Waals surface area contributed by atoms with Crippen LogP contribution >= 0.6 is 11.8 Å². The van der Waals surface area contributed by atoms with Crippen molar-refractivity contribution in [1.82, 2.24) is 0 Å². The maximum absolute atomic E-state index is 12.3. The molecule has 0 fully saturated rings. The van der Waals surface area contributed by atoms with Crippen LogP contribution in [-0.4, -0.2) is 35.8 Å². The highest BCUT2D eigenvalue weighted by molar-refractivity contribution is 8.00. The van der Waals surface area contributed by atoms with Crippen LogP contribution in [0.3, 0.4) is 0 Å². The van der Waals surface area contributed by atoms with Gasteiger partial charge in [-0.1, -0.05) is 0 Å². The fourth-order valence-corrected chi connectivity index (χ4v) is 2.86. The predicted molar refractivity (Wildman–Crippen MR) is 80.5 cm³/mol. The molecule has 1 aliphatic rings. The maximum atomic E-state index is 12.3. The van der Waals surface area contributed by atoms with E-state index in [0.717, 1.165) is 12.2 Å². The zero-order chi connectivity index (χ0) is 14.5. The highest BCUT2D eigenvalue weighted by atomic mass is 32.2. The SMILES string of the molecule is CC(SCCCN)C(=O)c1ccc2c(c1)NC(=O)CO2. The third-order valence-corrected chi connectivity index (χ3v) is 4.22. The number of benzene rings is 1. The summed E-state index contributed by atoms with van der Waals surface area (Å²) in [5, 5.41) is 2.58. The summed E-state index contributed by atoms with van der Waals surface area (Å²) < 4.78 is 5.27. The zero-order valence-electron chi connectivity index (χ0n) is 11.3.